The summed E-state index contributed by atoms with van der Waals surface area (Å²) in [6, 6.07) is 9.12. The van der Waals surface area contributed by atoms with Crippen molar-refractivity contribution in [1.29, 1.82) is 0 Å². The van der Waals surface area contributed by atoms with E-state index in [0.29, 0.717) is 11.4 Å². The molecule has 0 bridgehead atoms. The highest BCUT2D eigenvalue weighted by atomic mass is 16.2. The van der Waals surface area contributed by atoms with Gasteiger partial charge in [-0.15, -0.1) is 0 Å². The summed E-state index contributed by atoms with van der Waals surface area (Å²) in [6.07, 6.45) is 2.46. The highest BCUT2D eigenvalue weighted by Gasteiger charge is 2.16. The van der Waals surface area contributed by atoms with E-state index >= 15 is 0 Å². The topological polar surface area (TPSA) is 58.1 Å². The third kappa shape index (κ3) is 3.56. The van der Waals surface area contributed by atoms with Crippen molar-refractivity contribution in [2.45, 2.75) is 20.3 Å². The minimum atomic E-state index is -0.0926. The number of nitrogens with one attached hydrogen (secondary N) is 1. The lowest BCUT2D eigenvalue weighted by molar-refractivity contribution is 0.0992. The molecule has 0 radical (unpaired) electrons. The molecule has 5 nitrogen and oxygen atoms in total. The van der Waals surface area contributed by atoms with E-state index in [2.05, 4.69) is 15.3 Å². The first kappa shape index (κ1) is 15.0. The molecule has 0 aromatic carbocycles. The fourth-order valence-corrected chi connectivity index (χ4v) is 2.01. The third-order valence-electron chi connectivity index (χ3n) is 3.14. The van der Waals surface area contributed by atoms with Gasteiger partial charge in [-0.05, 0) is 37.6 Å². The zero-order valence-corrected chi connectivity index (χ0v) is 12.6. The number of hydrogen-bond acceptors (Lipinski definition) is 4. The lowest BCUT2D eigenvalue weighted by atomic mass is 10.1. The van der Waals surface area contributed by atoms with Crippen molar-refractivity contribution in [3.8, 4) is 0 Å². The Morgan fingerprint density at radius 3 is 2.71 bits per heavy atom. The van der Waals surface area contributed by atoms with Gasteiger partial charge in [0.05, 0.1) is 0 Å². The lowest BCUT2D eigenvalue weighted by Crippen LogP contribution is -2.27. The van der Waals surface area contributed by atoms with E-state index < -0.39 is 0 Å². The van der Waals surface area contributed by atoms with Crippen molar-refractivity contribution in [2.75, 3.05) is 23.8 Å². The van der Waals surface area contributed by atoms with Gasteiger partial charge in [0.15, 0.2) is 0 Å². The first-order valence-corrected chi connectivity index (χ1v) is 7.09. The maximum Gasteiger partial charge on any atom is 0.259 e. The van der Waals surface area contributed by atoms with Crippen LogP contribution in [-0.2, 0) is 6.42 Å². The summed E-state index contributed by atoms with van der Waals surface area (Å²) in [7, 11) is 1.73. The van der Waals surface area contributed by atoms with Gasteiger partial charge < -0.3 is 5.32 Å². The molecule has 2 rings (SSSR count). The molecule has 0 saturated heterocycles. The van der Waals surface area contributed by atoms with Crippen LogP contribution in [0.1, 0.15) is 29.9 Å². The van der Waals surface area contributed by atoms with Crippen LogP contribution in [0.3, 0.4) is 0 Å². The normalized spacial score (nSPS) is 10.2. The molecule has 0 aliphatic carbocycles. The van der Waals surface area contributed by atoms with E-state index in [0.717, 1.165) is 24.5 Å². The molecule has 5 heteroatoms. The largest absolute Gasteiger partial charge is 0.370 e. The van der Waals surface area contributed by atoms with E-state index in [4.69, 9.17) is 0 Å². The smallest absolute Gasteiger partial charge is 0.259 e. The number of carbonyl (C=O) groups excluding carboxylic acids is 1. The number of anilines is 2. The van der Waals surface area contributed by atoms with E-state index in [1.165, 1.54) is 0 Å². The summed E-state index contributed by atoms with van der Waals surface area (Å²) in [6.45, 7) is 4.79. The summed E-state index contributed by atoms with van der Waals surface area (Å²) < 4.78 is 0. The van der Waals surface area contributed by atoms with E-state index in [1.54, 1.807) is 24.2 Å². The Bertz CT molecular complexity index is 613. The number of aromatic nitrogens is 2. The van der Waals surface area contributed by atoms with Crippen LogP contribution in [0.25, 0.3) is 0 Å². The number of hydrogen-bond donors (Lipinski definition) is 1. The van der Waals surface area contributed by atoms with Crippen molar-refractivity contribution in [1.82, 2.24) is 9.97 Å². The fourth-order valence-electron chi connectivity index (χ4n) is 2.01. The second-order valence-electron chi connectivity index (χ2n) is 4.67. The second kappa shape index (κ2) is 6.83. The minimum absolute atomic E-state index is 0.0926. The van der Waals surface area contributed by atoms with Crippen molar-refractivity contribution >= 4 is 17.5 Å². The number of rotatable bonds is 5. The fraction of sp³-hybridized carbons (Fsp3) is 0.312. The average Bonchev–Trinajstić information content (AvgIpc) is 2.54. The monoisotopic (exact) mass is 284 g/mol. The zero-order valence-electron chi connectivity index (χ0n) is 12.6. The quantitative estimate of drug-likeness (QED) is 0.917. The van der Waals surface area contributed by atoms with Crippen LogP contribution in [0, 0.1) is 0 Å². The van der Waals surface area contributed by atoms with Crippen LogP contribution < -0.4 is 10.2 Å². The van der Waals surface area contributed by atoms with Gasteiger partial charge in [0.2, 0.25) is 0 Å². The predicted molar refractivity (Wildman–Crippen MR) is 84.7 cm³/mol. The Hall–Kier alpha value is -2.43. The molecule has 21 heavy (non-hydrogen) atoms. The van der Waals surface area contributed by atoms with Gasteiger partial charge in [-0.25, -0.2) is 9.97 Å². The molecule has 110 valence electrons. The van der Waals surface area contributed by atoms with Crippen molar-refractivity contribution < 1.29 is 4.79 Å². The van der Waals surface area contributed by atoms with Crippen LogP contribution in [-0.4, -0.2) is 29.5 Å². The summed E-state index contributed by atoms with van der Waals surface area (Å²) in [5.74, 6) is 1.27. The zero-order chi connectivity index (χ0) is 15.2. The lowest BCUT2D eigenvalue weighted by Gasteiger charge is -2.17. The van der Waals surface area contributed by atoms with Gasteiger partial charge in [-0.2, -0.15) is 0 Å². The predicted octanol–water partition coefficient (Wildman–Crippen LogP) is 2.75. The molecule has 0 atom stereocenters. The summed E-state index contributed by atoms with van der Waals surface area (Å²) >= 11 is 0. The molecule has 0 saturated carbocycles. The van der Waals surface area contributed by atoms with Gasteiger partial charge in [0.25, 0.3) is 5.91 Å². The van der Waals surface area contributed by atoms with E-state index in [1.807, 2.05) is 38.1 Å². The maximum atomic E-state index is 12.6. The molecule has 0 fully saturated rings. The van der Waals surface area contributed by atoms with Gasteiger partial charge >= 0.3 is 0 Å². The van der Waals surface area contributed by atoms with E-state index in [-0.39, 0.29) is 5.91 Å². The summed E-state index contributed by atoms with van der Waals surface area (Å²) in [5.41, 5.74) is 1.51. The van der Waals surface area contributed by atoms with Crippen LogP contribution in [0.5, 0.6) is 0 Å². The van der Waals surface area contributed by atoms with E-state index in [9.17, 15) is 4.79 Å². The van der Waals surface area contributed by atoms with Gasteiger partial charge in [0, 0.05) is 31.0 Å². The Morgan fingerprint density at radius 1 is 1.29 bits per heavy atom. The number of aryl methyl sites for hydroxylation is 1. The maximum absolute atomic E-state index is 12.6. The standard InChI is InChI=1S/C16H20N4O/c1-4-13-10-12(11-14(19-13)17-5-2)16(21)20(3)15-8-6-7-9-18-15/h6-11H,4-5H2,1-3H3,(H,17,19). The third-order valence-corrected chi connectivity index (χ3v) is 3.14. The number of carbonyl (C=O) groups is 1. The Morgan fingerprint density at radius 2 is 2.10 bits per heavy atom. The number of amides is 1. The minimum Gasteiger partial charge on any atom is -0.370 e. The molecule has 0 aliphatic rings. The Kier molecular flexibility index (Phi) is 4.87. The molecular formula is C16H20N4O. The molecule has 1 N–H and O–H groups in total. The Balaban J connectivity index is 2.31. The molecule has 0 spiro atoms. The van der Waals surface area contributed by atoms with Crippen molar-refractivity contribution in [3.05, 3.63) is 47.8 Å². The van der Waals surface area contributed by atoms with Crippen molar-refractivity contribution in [2.24, 2.45) is 0 Å². The Labute approximate surface area is 125 Å². The van der Waals surface area contributed by atoms with Crippen LogP contribution in [0.15, 0.2) is 36.5 Å². The summed E-state index contributed by atoms with van der Waals surface area (Å²) in [4.78, 5) is 22.8. The molecule has 0 aliphatic heterocycles. The van der Waals surface area contributed by atoms with Crippen molar-refractivity contribution in [3.63, 3.8) is 0 Å². The van der Waals surface area contributed by atoms with Crippen LogP contribution in [0.4, 0.5) is 11.6 Å². The van der Waals surface area contributed by atoms with Gasteiger partial charge in [-0.3, -0.25) is 9.69 Å². The first-order chi connectivity index (χ1) is 10.2. The molecule has 0 unspecified atom stereocenters. The molecule has 2 aromatic heterocycles. The highest BCUT2D eigenvalue weighted by Crippen LogP contribution is 2.16. The van der Waals surface area contributed by atoms with Gasteiger partial charge in [-0.1, -0.05) is 13.0 Å². The first-order valence-electron chi connectivity index (χ1n) is 7.09. The highest BCUT2D eigenvalue weighted by molar-refractivity contribution is 6.05. The molecule has 2 heterocycles. The van der Waals surface area contributed by atoms with Crippen LogP contribution >= 0.6 is 0 Å². The molecule has 1 amide bonds. The molecular weight excluding hydrogens is 264 g/mol. The average molecular weight is 284 g/mol. The SMILES string of the molecule is CCNc1cc(C(=O)N(C)c2ccccn2)cc(CC)n1. The van der Waals surface area contributed by atoms with Gasteiger partial charge in [0.1, 0.15) is 11.6 Å². The van der Waals surface area contributed by atoms with Crippen LogP contribution in [0.2, 0.25) is 0 Å². The number of pyridine rings is 2. The number of nitrogens with zero attached hydrogens (tertiary/aromatic N) is 3. The second-order valence-corrected chi connectivity index (χ2v) is 4.67. The molecule has 2 aromatic rings. The summed E-state index contributed by atoms with van der Waals surface area (Å²) in [5, 5.41) is 3.16.